The molecule has 24 heavy (non-hydrogen) atoms. The maximum Gasteiger partial charge on any atom is 0.122 e. The molecule has 2 unspecified atom stereocenters. The molecule has 0 bridgehead atoms. The summed E-state index contributed by atoms with van der Waals surface area (Å²) in [6, 6.07) is 13.8. The average Bonchev–Trinajstić information content (AvgIpc) is 2.54. The van der Waals surface area contributed by atoms with E-state index in [1.165, 1.54) is 5.56 Å². The van der Waals surface area contributed by atoms with E-state index in [-0.39, 0.29) is 25.1 Å². The second kappa shape index (κ2) is 9.90. The third kappa shape index (κ3) is 5.99. The molecule has 0 aliphatic heterocycles. The molecule has 132 valence electrons. The molecule has 5 heteroatoms. The van der Waals surface area contributed by atoms with Crippen molar-refractivity contribution < 1.29 is 9.84 Å². The van der Waals surface area contributed by atoms with E-state index in [9.17, 15) is 5.11 Å². The van der Waals surface area contributed by atoms with Gasteiger partial charge in [-0.05, 0) is 55.7 Å². The van der Waals surface area contributed by atoms with Gasteiger partial charge in [0.1, 0.15) is 18.5 Å². The Hall–Kier alpha value is -1.26. The quantitative estimate of drug-likeness (QED) is 0.756. The molecule has 0 heterocycles. The highest BCUT2D eigenvalue weighted by molar-refractivity contribution is 6.30. The molecule has 0 aromatic heterocycles. The van der Waals surface area contributed by atoms with Crippen molar-refractivity contribution in [2.45, 2.75) is 32.9 Å². The van der Waals surface area contributed by atoms with E-state index in [4.69, 9.17) is 16.3 Å². The van der Waals surface area contributed by atoms with Crippen LogP contribution in [0.15, 0.2) is 42.5 Å². The molecule has 0 aliphatic rings. The second-order valence-corrected chi connectivity index (χ2v) is 6.28. The Morgan fingerprint density at radius 1 is 1.17 bits per heavy atom. The van der Waals surface area contributed by atoms with Gasteiger partial charge in [-0.2, -0.15) is 0 Å². The van der Waals surface area contributed by atoms with Gasteiger partial charge in [0.05, 0.1) is 0 Å². The Morgan fingerprint density at radius 2 is 1.88 bits per heavy atom. The van der Waals surface area contributed by atoms with Crippen LogP contribution in [0.5, 0.6) is 5.75 Å². The van der Waals surface area contributed by atoms with Crippen molar-refractivity contribution in [3.63, 3.8) is 0 Å². The minimum Gasteiger partial charge on any atom is -0.491 e. The van der Waals surface area contributed by atoms with Crippen LogP contribution >= 0.6 is 24.0 Å². The number of nitrogens with one attached hydrogen (secondary N) is 1. The number of aryl methyl sites for hydroxylation is 1. The number of aliphatic hydroxyl groups excluding tert-OH is 1. The fourth-order valence-corrected chi connectivity index (χ4v) is 2.53. The molecule has 0 spiro atoms. The van der Waals surface area contributed by atoms with Crippen LogP contribution in [0.3, 0.4) is 0 Å². The van der Waals surface area contributed by atoms with Gasteiger partial charge in [-0.25, -0.2) is 0 Å². The van der Waals surface area contributed by atoms with E-state index >= 15 is 0 Å². The SMILES string of the molecule is Cc1cccc(OCC(O)CNC(C)c2cccc(Cl)c2)c1C.Cl. The molecule has 0 saturated carbocycles. The van der Waals surface area contributed by atoms with Crippen molar-refractivity contribution in [1.82, 2.24) is 5.32 Å². The van der Waals surface area contributed by atoms with Crippen molar-refractivity contribution >= 4 is 24.0 Å². The number of halogens is 2. The van der Waals surface area contributed by atoms with Crippen LogP contribution in [0.25, 0.3) is 0 Å². The number of hydrogen-bond acceptors (Lipinski definition) is 3. The minimum absolute atomic E-state index is 0. The summed E-state index contributed by atoms with van der Waals surface area (Å²) in [5.74, 6) is 0.826. The van der Waals surface area contributed by atoms with Crippen molar-refractivity contribution in [2.24, 2.45) is 0 Å². The molecule has 3 nitrogen and oxygen atoms in total. The summed E-state index contributed by atoms with van der Waals surface area (Å²) in [4.78, 5) is 0. The van der Waals surface area contributed by atoms with Crippen molar-refractivity contribution in [3.05, 3.63) is 64.2 Å². The van der Waals surface area contributed by atoms with Gasteiger partial charge in [0.15, 0.2) is 0 Å². The van der Waals surface area contributed by atoms with Gasteiger partial charge in [-0.3, -0.25) is 0 Å². The first-order chi connectivity index (χ1) is 11.0. The first-order valence-corrected chi connectivity index (χ1v) is 8.21. The largest absolute Gasteiger partial charge is 0.491 e. The highest BCUT2D eigenvalue weighted by Crippen LogP contribution is 2.21. The molecular weight excluding hydrogens is 345 g/mol. The van der Waals surface area contributed by atoms with Gasteiger partial charge in [-0.1, -0.05) is 35.9 Å². The first kappa shape index (κ1) is 20.8. The Bertz CT molecular complexity index is 649. The van der Waals surface area contributed by atoms with E-state index in [2.05, 4.69) is 5.32 Å². The third-order valence-corrected chi connectivity index (χ3v) is 4.23. The predicted octanol–water partition coefficient (Wildman–Crippen LogP) is 4.47. The minimum atomic E-state index is -0.573. The maximum absolute atomic E-state index is 10.1. The fourth-order valence-electron chi connectivity index (χ4n) is 2.33. The lowest BCUT2D eigenvalue weighted by molar-refractivity contribution is 0.104. The summed E-state index contributed by atoms with van der Waals surface area (Å²) >= 11 is 6.00. The van der Waals surface area contributed by atoms with Gasteiger partial charge >= 0.3 is 0 Å². The molecule has 0 saturated heterocycles. The monoisotopic (exact) mass is 369 g/mol. The van der Waals surface area contributed by atoms with Crippen LogP contribution < -0.4 is 10.1 Å². The van der Waals surface area contributed by atoms with Crippen molar-refractivity contribution in [1.29, 1.82) is 0 Å². The standard InChI is InChI=1S/C19H24ClNO2.ClH/c1-13-6-4-9-19(14(13)2)23-12-18(22)11-21-15(3)16-7-5-8-17(20)10-16;/h4-10,15,18,21-22H,11-12H2,1-3H3;1H. The van der Waals surface area contributed by atoms with Crippen LogP contribution in [0, 0.1) is 13.8 Å². The Morgan fingerprint density at radius 3 is 2.58 bits per heavy atom. The molecule has 2 N–H and O–H groups in total. The summed E-state index contributed by atoms with van der Waals surface area (Å²) in [7, 11) is 0. The van der Waals surface area contributed by atoms with Crippen LogP contribution in [0.1, 0.15) is 29.7 Å². The predicted molar refractivity (Wildman–Crippen MR) is 103 cm³/mol. The fraction of sp³-hybridized carbons (Fsp3) is 0.368. The second-order valence-electron chi connectivity index (χ2n) is 5.85. The third-order valence-electron chi connectivity index (χ3n) is 3.99. The summed E-state index contributed by atoms with van der Waals surface area (Å²) in [5, 5.41) is 14.1. The zero-order valence-corrected chi connectivity index (χ0v) is 15.8. The summed E-state index contributed by atoms with van der Waals surface area (Å²) in [5.41, 5.74) is 3.39. The van der Waals surface area contributed by atoms with Crippen LogP contribution in [0.2, 0.25) is 5.02 Å². The van der Waals surface area contributed by atoms with E-state index in [0.29, 0.717) is 6.54 Å². The highest BCUT2D eigenvalue weighted by Gasteiger charge is 2.11. The molecular formula is C19H25Cl2NO2. The molecule has 2 aromatic rings. The molecule has 2 aromatic carbocycles. The zero-order chi connectivity index (χ0) is 16.8. The van der Waals surface area contributed by atoms with Gasteiger partial charge in [0.2, 0.25) is 0 Å². The Balaban J connectivity index is 0.00000288. The normalized spacial score (nSPS) is 13.0. The lowest BCUT2D eigenvalue weighted by atomic mass is 10.1. The van der Waals surface area contributed by atoms with E-state index in [1.54, 1.807) is 0 Å². The Kier molecular flexibility index (Phi) is 8.57. The molecule has 2 rings (SSSR count). The maximum atomic E-state index is 10.1. The lowest BCUT2D eigenvalue weighted by Crippen LogP contribution is -2.33. The van der Waals surface area contributed by atoms with Crippen LogP contribution in [0.4, 0.5) is 0 Å². The first-order valence-electron chi connectivity index (χ1n) is 7.83. The number of hydrogen-bond donors (Lipinski definition) is 2. The Labute approximate surface area is 155 Å². The molecule has 0 radical (unpaired) electrons. The van der Waals surface area contributed by atoms with Crippen LogP contribution in [-0.2, 0) is 0 Å². The number of ether oxygens (including phenoxy) is 1. The topological polar surface area (TPSA) is 41.5 Å². The van der Waals surface area contributed by atoms with Crippen molar-refractivity contribution in [3.8, 4) is 5.75 Å². The molecule has 0 fully saturated rings. The number of aliphatic hydroxyl groups is 1. The van der Waals surface area contributed by atoms with E-state index in [0.717, 1.165) is 21.9 Å². The zero-order valence-electron chi connectivity index (χ0n) is 14.3. The van der Waals surface area contributed by atoms with Gasteiger partial charge in [0.25, 0.3) is 0 Å². The molecule has 0 aliphatic carbocycles. The van der Waals surface area contributed by atoms with E-state index < -0.39 is 6.10 Å². The average molecular weight is 370 g/mol. The smallest absolute Gasteiger partial charge is 0.122 e. The van der Waals surface area contributed by atoms with E-state index in [1.807, 2.05) is 63.2 Å². The lowest BCUT2D eigenvalue weighted by Gasteiger charge is -2.19. The highest BCUT2D eigenvalue weighted by atomic mass is 35.5. The van der Waals surface area contributed by atoms with Crippen LogP contribution in [-0.4, -0.2) is 24.4 Å². The van der Waals surface area contributed by atoms with Gasteiger partial charge < -0.3 is 15.2 Å². The van der Waals surface area contributed by atoms with Crippen molar-refractivity contribution in [2.75, 3.05) is 13.2 Å². The molecule has 0 amide bonds. The summed E-state index contributed by atoms with van der Waals surface area (Å²) < 4.78 is 5.73. The van der Waals surface area contributed by atoms with Gasteiger partial charge in [0, 0.05) is 17.6 Å². The molecule has 2 atom stereocenters. The van der Waals surface area contributed by atoms with Gasteiger partial charge in [-0.15, -0.1) is 12.4 Å². The summed E-state index contributed by atoms with van der Waals surface area (Å²) in [6.45, 7) is 6.84. The number of benzene rings is 2. The number of rotatable bonds is 7. The summed E-state index contributed by atoms with van der Waals surface area (Å²) in [6.07, 6.45) is -0.573.